The fourth-order valence-electron chi connectivity index (χ4n) is 2.02. The number of aryl methyl sites for hydroxylation is 1. The summed E-state index contributed by atoms with van der Waals surface area (Å²) in [5.41, 5.74) is 2.17. The van der Waals surface area contributed by atoms with Crippen LogP contribution in [0.5, 0.6) is 5.88 Å². The number of aromatic nitrogens is 2. The number of nitrogens with zero attached hydrogens (tertiary/aromatic N) is 3. The first-order valence-corrected chi connectivity index (χ1v) is 6.85. The van der Waals surface area contributed by atoms with Crippen molar-refractivity contribution in [3.8, 4) is 5.88 Å². The van der Waals surface area contributed by atoms with Crippen LogP contribution in [0.3, 0.4) is 0 Å². The standard InChI is InChI=1S/C14H10Cl2N4O/c1-7-3-2-4-9-11(7)18-14(21)12(9)19-20-13-10(16)5-8(15)6-17-13/h2-6,18,21H,1H3. The number of nitrogens with one attached hydrogen (secondary N) is 1. The Hall–Kier alpha value is -2.11. The van der Waals surface area contributed by atoms with Gasteiger partial charge in [-0.15, -0.1) is 10.2 Å². The van der Waals surface area contributed by atoms with Gasteiger partial charge in [-0.1, -0.05) is 41.4 Å². The zero-order valence-electron chi connectivity index (χ0n) is 10.9. The molecule has 7 heteroatoms. The highest BCUT2D eigenvalue weighted by Crippen LogP contribution is 2.37. The molecular weight excluding hydrogens is 311 g/mol. The van der Waals surface area contributed by atoms with Crippen LogP contribution in [0.4, 0.5) is 11.5 Å². The van der Waals surface area contributed by atoms with Gasteiger partial charge in [-0.2, -0.15) is 0 Å². The molecule has 2 heterocycles. The van der Waals surface area contributed by atoms with E-state index < -0.39 is 0 Å². The molecule has 0 aliphatic carbocycles. The van der Waals surface area contributed by atoms with Crippen LogP contribution < -0.4 is 0 Å². The second-order valence-electron chi connectivity index (χ2n) is 4.48. The van der Waals surface area contributed by atoms with Crippen molar-refractivity contribution in [3.05, 3.63) is 46.1 Å². The van der Waals surface area contributed by atoms with Crippen LogP contribution >= 0.6 is 23.2 Å². The Morgan fingerprint density at radius 3 is 2.81 bits per heavy atom. The van der Waals surface area contributed by atoms with Gasteiger partial charge in [0.2, 0.25) is 5.88 Å². The minimum absolute atomic E-state index is 0.0480. The second kappa shape index (κ2) is 5.35. The van der Waals surface area contributed by atoms with Crippen LogP contribution in [0.2, 0.25) is 10.0 Å². The summed E-state index contributed by atoms with van der Waals surface area (Å²) < 4.78 is 0. The molecule has 0 radical (unpaired) electrons. The van der Waals surface area contributed by atoms with Crippen LogP contribution in [0.15, 0.2) is 40.7 Å². The van der Waals surface area contributed by atoms with Crippen LogP contribution in [-0.2, 0) is 0 Å². The van der Waals surface area contributed by atoms with Crippen molar-refractivity contribution in [2.24, 2.45) is 10.2 Å². The van der Waals surface area contributed by atoms with E-state index in [0.29, 0.717) is 15.7 Å². The Kier molecular flexibility index (Phi) is 3.53. The SMILES string of the molecule is Cc1cccc2c(N=Nc3ncc(Cl)cc3Cl)c(O)[nH]c12. The molecule has 0 saturated heterocycles. The average Bonchev–Trinajstić information content (AvgIpc) is 2.76. The maximum Gasteiger partial charge on any atom is 0.218 e. The molecule has 0 bridgehead atoms. The molecular formula is C14H10Cl2N4O. The normalized spacial score (nSPS) is 11.6. The molecule has 5 nitrogen and oxygen atoms in total. The summed E-state index contributed by atoms with van der Waals surface area (Å²) in [6, 6.07) is 7.21. The maximum atomic E-state index is 9.97. The molecule has 0 amide bonds. The lowest BCUT2D eigenvalue weighted by atomic mass is 10.1. The molecule has 0 atom stereocenters. The van der Waals surface area contributed by atoms with E-state index in [2.05, 4.69) is 20.2 Å². The van der Waals surface area contributed by atoms with Crippen molar-refractivity contribution >= 4 is 45.6 Å². The molecule has 0 aliphatic heterocycles. The monoisotopic (exact) mass is 320 g/mol. The number of aromatic amines is 1. The fourth-order valence-corrected chi connectivity index (χ4v) is 2.43. The first kappa shape index (κ1) is 13.9. The number of azo groups is 1. The van der Waals surface area contributed by atoms with Gasteiger partial charge in [0.15, 0.2) is 11.5 Å². The quantitative estimate of drug-likeness (QED) is 0.629. The van der Waals surface area contributed by atoms with Crippen LogP contribution in [0, 0.1) is 6.92 Å². The van der Waals surface area contributed by atoms with Gasteiger partial charge >= 0.3 is 0 Å². The van der Waals surface area contributed by atoms with E-state index in [4.69, 9.17) is 23.2 Å². The van der Waals surface area contributed by atoms with E-state index in [0.717, 1.165) is 16.5 Å². The number of hydrogen-bond donors (Lipinski definition) is 2. The molecule has 0 unspecified atom stereocenters. The topological polar surface area (TPSA) is 73.6 Å². The van der Waals surface area contributed by atoms with Crippen molar-refractivity contribution in [1.82, 2.24) is 9.97 Å². The van der Waals surface area contributed by atoms with Crippen LogP contribution in [-0.4, -0.2) is 15.1 Å². The Labute approximate surface area is 130 Å². The van der Waals surface area contributed by atoms with Gasteiger partial charge in [0.1, 0.15) is 0 Å². The zero-order valence-corrected chi connectivity index (χ0v) is 12.4. The molecule has 0 fully saturated rings. The van der Waals surface area contributed by atoms with E-state index >= 15 is 0 Å². The van der Waals surface area contributed by atoms with E-state index in [1.54, 1.807) is 0 Å². The van der Waals surface area contributed by atoms with Gasteiger partial charge in [0.25, 0.3) is 0 Å². The van der Waals surface area contributed by atoms with Gasteiger partial charge in [-0.3, -0.25) is 0 Å². The summed E-state index contributed by atoms with van der Waals surface area (Å²) in [6.07, 6.45) is 1.43. The van der Waals surface area contributed by atoms with Gasteiger partial charge in [0, 0.05) is 11.6 Å². The van der Waals surface area contributed by atoms with Crippen molar-refractivity contribution < 1.29 is 5.11 Å². The van der Waals surface area contributed by atoms with Gasteiger partial charge in [-0.25, -0.2) is 4.98 Å². The van der Waals surface area contributed by atoms with Crippen LogP contribution in [0.25, 0.3) is 10.9 Å². The summed E-state index contributed by atoms with van der Waals surface area (Å²) in [6.45, 7) is 1.94. The van der Waals surface area contributed by atoms with E-state index in [-0.39, 0.29) is 11.7 Å². The number of H-pyrrole nitrogens is 1. The summed E-state index contributed by atoms with van der Waals surface area (Å²) in [7, 11) is 0. The third-order valence-corrected chi connectivity index (χ3v) is 3.51. The minimum atomic E-state index is -0.0480. The van der Waals surface area contributed by atoms with Gasteiger partial charge in [0.05, 0.1) is 15.6 Å². The Morgan fingerprint density at radius 2 is 2.05 bits per heavy atom. The molecule has 3 aromatic rings. The highest BCUT2D eigenvalue weighted by atomic mass is 35.5. The number of benzene rings is 1. The molecule has 21 heavy (non-hydrogen) atoms. The van der Waals surface area contributed by atoms with E-state index in [9.17, 15) is 5.11 Å². The lowest BCUT2D eigenvalue weighted by Gasteiger charge is -1.97. The largest absolute Gasteiger partial charge is 0.493 e. The van der Waals surface area contributed by atoms with Crippen molar-refractivity contribution in [1.29, 1.82) is 0 Å². The Morgan fingerprint density at radius 1 is 1.24 bits per heavy atom. The average molecular weight is 321 g/mol. The molecule has 106 valence electrons. The zero-order chi connectivity index (χ0) is 15.0. The predicted molar refractivity (Wildman–Crippen MR) is 83.1 cm³/mol. The maximum absolute atomic E-state index is 9.97. The number of para-hydroxylation sites is 1. The third-order valence-electron chi connectivity index (χ3n) is 3.03. The number of fused-ring (bicyclic) bond motifs is 1. The number of hydrogen-bond acceptors (Lipinski definition) is 4. The summed E-state index contributed by atoms with van der Waals surface area (Å²) >= 11 is 11.8. The molecule has 2 N–H and O–H groups in total. The summed E-state index contributed by atoms with van der Waals surface area (Å²) in [4.78, 5) is 6.87. The van der Waals surface area contributed by atoms with Crippen molar-refractivity contribution in [2.45, 2.75) is 6.92 Å². The van der Waals surface area contributed by atoms with E-state index in [1.165, 1.54) is 12.3 Å². The Balaban J connectivity index is 2.07. The molecule has 3 rings (SSSR count). The predicted octanol–water partition coefficient (Wildman–Crippen LogP) is 5.30. The van der Waals surface area contributed by atoms with Crippen molar-refractivity contribution in [3.63, 3.8) is 0 Å². The highest BCUT2D eigenvalue weighted by Gasteiger charge is 2.12. The summed E-state index contributed by atoms with van der Waals surface area (Å²) in [5.74, 6) is 0.190. The number of rotatable bonds is 2. The smallest absolute Gasteiger partial charge is 0.218 e. The third kappa shape index (κ3) is 2.57. The highest BCUT2D eigenvalue weighted by molar-refractivity contribution is 6.35. The first-order valence-electron chi connectivity index (χ1n) is 6.09. The fraction of sp³-hybridized carbons (Fsp3) is 0.0714. The molecule has 0 spiro atoms. The second-order valence-corrected chi connectivity index (χ2v) is 5.32. The van der Waals surface area contributed by atoms with E-state index in [1.807, 2.05) is 25.1 Å². The van der Waals surface area contributed by atoms with Gasteiger partial charge in [-0.05, 0) is 18.6 Å². The molecule has 0 aliphatic rings. The lowest BCUT2D eigenvalue weighted by Crippen LogP contribution is -1.75. The lowest BCUT2D eigenvalue weighted by molar-refractivity contribution is 0.459. The van der Waals surface area contributed by atoms with Gasteiger partial charge < -0.3 is 10.1 Å². The Bertz CT molecular complexity index is 858. The summed E-state index contributed by atoms with van der Waals surface area (Å²) in [5, 5.41) is 19.5. The number of pyridine rings is 1. The molecule has 1 aromatic carbocycles. The number of aromatic hydroxyl groups is 1. The first-order chi connectivity index (χ1) is 10.1. The molecule has 2 aromatic heterocycles. The molecule has 0 saturated carbocycles. The van der Waals surface area contributed by atoms with Crippen molar-refractivity contribution in [2.75, 3.05) is 0 Å². The van der Waals surface area contributed by atoms with Crippen LogP contribution in [0.1, 0.15) is 5.56 Å². The minimum Gasteiger partial charge on any atom is -0.493 e. The number of halogens is 2.